The first-order valence-electron chi connectivity index (χ1n) is 15.0. The molecule has 0 radical (unpaired) electrons. The van der Waals surface area contributed by atoms with Gasteiger partial charge in [0, 0.05) is 47.6 Å². The molecule has 0 aromatic heterocycles. The predicted octanol–water partition coefficient (Wildman–Crippen LogP) is 6.94. The number of amides is 1. The molecule has 1 amide bonds. The van der Waals surface area contributed by atoms with Crippen LogP contribution < -0.4 is 10.1 Å². The fraction of sp³-hybridized carbons (Fsp3) is 0.412. The topological polar surface area (TPSA) is 78.9 Å². The van der Waals surface area contributed by atoms with Crippen LogP contribution in [0.4, 0.5) is 4.39 Å². The highest BCUT2D eigenvalue weighted by Gasteiger charge is 2.38. The van der Waals surface area contributed by atoms with Gasteiger partial charge in [0.2, 0.25) is 0 Å². The van der Waals surface area contributed by atoms with Crippen LogP contribution in [0.2, 0.25) is 10.0 Å². The maximum atomic E-state index is 15.1. The number of ether oxygens (including phenoxy) is 1. The number of nitrogens with zero attached hydrogens (tertiary/aromatic N) is 1. The standard InChI is InChI=1S/C34H35Cl2FN2O4/c35-26-11-24(12-27(36)13-26)25(10-20-4-2-1-3-5-20)18-39-16-21(17-39)19-43-31-15-30(37)29(14-28(31)22-6-7-22)33(40)38-32(34(41)42)23-8-9-23/h1-5,11-15,21-23,25,32H,6-10,16-19H2,(H,38,40)(H,41,42)/t25-,32+/m1/s1. The second kappa shape index (κ2) is 12.8. The van der Waals surface area contributed by atoms with E-state index in [1.807, 2.05) is 30.3 Å². The largest absolute Gasteiger partial charge is 0.493 e. The van der Waals surface area contributed by atoms with Crippen LogP contribution in [0, 0.1) is 17.7 Å². The lowest BCUT2D eigenvalue weighted by Crippen LogP contribution is -2.50. The molecule has 2 aliphatic carbocycles. The van der Waals surface area contributed by atoms with Crippen LogP contribution in [0.15, 0.2) is 60.7 Å². The second-order valence-corrected chi connectivity index (χ2v) is 13.1. The van der Waals surface area contributed by atoms with Crippen LogP contribution >= 0.6 is 23.2 Å². The third kappa shape index (κ3) is 7.51. The molecule has 0 bridgehead atoms. The van der Waals surface area contributed by atoms with Crippen molar-refractivity contribution in [2.75, 3.05) is 26.2 Å². The number of carboxylic acid groups (broad SMARTS) is 1. The summed E-state index contributed by atoms with van der Waals surface area (Å²) in [7, 11) is 0. The van der Waals surface area contributed by atoms with Gasteiger partial charge in [0.25, 0.3) is 5.91 Å². The van der Waals surface area contributed by atoms with Crippen molar-refractivity contribution in [2.24, 2.45) is 11.8 Å². The number of nitrogens with one attached hydrogen (secondary N) is 1. The van der Waals surface area contributed by atoms with Crippen molar-refractivity contribution in [3.63, 3.8) is 0 Å². The molecule has 1 heterocycles. The molecule has 6 nitrogen and oxygen atoms in total. The highest BCUT2D eigenvalue weighted by molar-refractivity contribution is 6.34. The summed E-state index contributed by atoms with van der Waals surface area (Å²) < 4.78 is 21.3. The Hall–Kier alpha value is -3.13. The summed E-state index contributed by atoms with van der Waals surface area (Å²) in [5, 5.41) is 13.2. The highest BCUT2D eigenvalue weighted by atomic mass is 35.5. The van der Waals surface area contributed by atoms with Gasteiger partial charge in [-0.1, -0.05) is 53.5 Å². The fourth-order valence-corrected chi connectivity index (χ4v) is 6.60. The smallest absolute Gasteiger partial charge is 0.326 e. The summed E-state index contributed by atoms with van der Waals surface area (Å²) in [6.07, 6.45) is 4.28. The first-order chi connectivity index (χ1) is 20.7. The van der Waals surface area contributed by atoms with E-state index in [-0.39, 0.29) is 23.3 Å². The summed E-state index contributed by atoms with van der Waals surface area (Å²) >= 11 is 12.7. The molecule has 9 heteroatoms. The zero-order valence-electron chi connectivity index (χ0n) is 23.8. The SMILES string of the molecule is O=C(N[C@H](C(=O)O)C1CC1)c1cc(C2CC2)c(OCC2CN(C[C@@H](Cc3ccccc3)c3cc(Cl)cc(Cl)c3)C2)cc1F. The van der Waals surface area contributed by atoms with E-state index in [1.165, 1.54) is 11.6 Å². The van der Waals surface area contributed by atoms with Crippen molar-refractivity contribution in [3.8, 4) is 5.75 Å². The van der Waals surface area contributed by atoms with Crippen LogP contribution in [0.1, 0.15) is 64.6 Å². The third-order valence-electron chi connectivity index (χ3n) is 8.67. The minimum atomic E-state index is -1.09. The van der Waals surface area contributed by atoms with Crippen LogP contribution in [0.25, 0.3) is 0 Å². The molecule has 226 valence electrons. The Labute approximate surface area is 261 Å². The normalized spacial score (nSPS) is 18.5. The number of carboxylic acids is 1. The molecule has 2 atom stereocenters. The van der Waals surface area contributed by atoms with Crippen LogP contribution in [-0.2, 0) is 11.2 Å². The molecule has 0 spiro atoms. The molecule has 3 aliphatic rings. The van der Waals surface area contributed by atoms with Gasteiger partial charge >= 0.3 is 5.97 Å². The summed E-state index contributed by atoms with van der Waals surface area (Å²) in [4.78, 5) is 26.8. The lowest BCUT2D eigenvalue weighted by Gasteiger charge is -2.41. The molecule has 0 unspecified atom stereocenters. The zero-order valence-corrected chi connectivity index (χ0v) is 25.3. The lowest BCUT2D eigenvalue weighted by atomic mass is 9.89. The van der Waals surface area contributed by atoms with E-state index >= 15 is 4.39 Å². The Bertz CT molecular complexity index is 1470. The number of carbonyl (C=O) groups excluding carboxylic acids is 1. The number of benzene rings is 3. The molecule has 3 aromatic rings. The Morgan fingerprint density at radius 3 is 2.33 bits per heavy atom. The number of hydrogen-bond acceptors (Lipinski definition) is 4. The fourth-order valence-electron chi connectivity index (χ4n) is 6.06. The average molecular weight is 626 g/mol. The predicted molar refractivity (Wildman–Crippen MR) is 165 cm³/mol. The second-order valence-electron chi connectivity index (χ2n) is 12.3. The van der Waals surface area contributed by atoms with Crippen molar-refractivity contribution in [2.45, 2.75) is 50.0 Å². The minimum Gasteiger partial charge on any atom is -0.493 e. The molecular weight excluding hydrogens is 590 g/mol. The highest BCUT2D eigenvalue weighted by Crippen LogP contribution is 2.45. The first-order valence-corrected chi connectivity index (χ1v) is 15.7. The van der Waals surface area contributed by atoms with E-state index in [2.05, 4.69) is 22.3 Å². The number of hydrogen-bond donors (Lipinski definition) is 2. The van der Waals surface area contributed by atoms with Crippen molar-refractivity contribution in [1.82, 2.24) is 10.2 Å². The number of carbonyl (C=O) groups is 2. The summed E-state index contributed by atoms with van der Waals surface area (Å²) in [5.74, 6) is -1.35. The Kier molecular flexibility index (Phi) is 8.94. The van der Waals surface area contributed by atoms with E-state index in [1.54, 1.807) is 12.1 Å². The Morgan fingerprint density at radius 2 is 1.70 bits per heavy atom. The quantitative estimate of drug-likeness (QED) is 0.215. The van der Waals surface area contributed by atoms with E-state index in [0.29, 0.717) is 28.3 Å². The van der Waals surface area contributed by atoms with Gasteiger partial charge in [-0.3, -0.25) is 4.79 Å². The average Bonchev–Trinajstić information content (AvgIpc) is 3.86. The van der Waals surface area contributed by atoms with Gasteiger partial charge in [0.1, 0.15) is 17.6 Å². The maximum Gasteiger partial charge on any atom is 0.326 e. The monoisotopic (exact) mass is 624 g/mol. The zero-order chi connectivity index (χ0) is 30.1. The van der Waals surface area contributed by atoms with Gasteiger partial charge in [-0.2, -0.15) is 0 Å². The van der Waals surface area contributed by atoms with E-state index in [4.69, 9.17) is 27.9 Å². The van der Waals surface area contributed by atoms with Gasteiger partial charge in [0.05, 0.1) is 12.2 Å². The molecule has 2 N–H and O–H groups in total. The van der Waals surface area contributed by atoms with E-state index in [0.717, 1.165) is 62.9 Å². The van der Waals surface area contributed by atoms with E-state index in [9.17, 15) is 14.7 Å². The van der Waals surface area contributed by atoms with Crippen molar-refractivity contribution < 1.29 is 23.8 Å². The molecule has 3 fully saturated rings. The van der Waals surface area contributed by atoms with Gasteiger partial charge in [0.15, 0.2) is 0 Å². The molecular formula is C34H35Cl2FN2O4. The minimum absolute atomic E-state index is 0.0889. The molecule has 43 heavy (non-hydrogen) atoms. The lowest BCUT2D eigenvalue weighted by molar-refractivity contribution is -0.139. The Morgan fingerprint density at radius 1 is 1.00 bits per heavy atom. The maximum absolute atomic E-state index is 15.1. The Balaban J connectivity index is 1.08. The first kappa shape index (κ1) is 29.9. The van der Waals surface area contributed by atoms with Crippen molar-refractivity contribution >= 4 is 35.1 Å². The summed E-state index contributed by atoms with van der Waals surface area (Å²) in [6.45, 7) is 3.03. The molecule has 3 aromatic carbocycles. The van der Waals surface area contributed by atoms with Gasteiger partial charge in [-0.25, -0.2) is 9.18 Å². The van der Waals surface area contributed by atoms with Crippen LogP contribution in [-0.4, -0.2) is 54.2 Å². The molecule has 6 rings (SSSR count). The number of aliphatic carboxylic acids is 1. The van der Waals surface area contributed by atoms with Gasteiger partial charge in [-0.15, -0.1) is 0 Å². The van der Waals surface area contributed by atoms with Gasteiger partial charge < -0.3 is 20.1 Å². The molecule has 1 saturated heterocycles. The summed E-state index contributed by atoms with van der Waals surface area (Å²) in [5.41, 5.74) is 3.06. The molecule has 1 aliphatic heterocycles. The van der Waals surface area contributed by atoms with Gasteiger partial charge in [-0.05, 0) is 84.9 Å². The number of rotatable bonds is 13. The van der Waals surface area contributed by atoms with Crippen molar-refractivity contribution in [1.29, 1.82) is 0 Å². The molecule has 2 saturated carbocycles. The van der Waals surface area contributed by atoms with E-state index < -0.39 is 23.7 Å². The summed E-state index contributed by atoms with van der Waals surface area (Å²) in [6, 6.07) is 18.0. The number of halogens is 3. The third-order valence-corrected chi connectivity index (χ3v) is 9.11. The van der Waals surface area contributed by atoms with Crippen LogP contribution in [0.5, 0.6) is 5.75 Å². The van der Waals surface area contributed by atoms with Crippen LogP contribution in [0.3, 0.4) is 0 Å². The number of likely N-dealkylation sites (tertiary alicyclic amines) is 1. The van der Waals surface area contributed by atoms with Crippen molar-refractivity contribution in [3.05, 3.63) is 98.8 Å².